The number of fused-ring (bicyclic) bond motifs is 1. The Morgan fingerprint density at radius 3 is 2.83 bits per heavy atom. The predicted octanol–water partition coefficient (Wildman–Crippen LogP) is 1.10. The number of ether oxygens (including phenoxy) is 1. The predicted molar refractivity (Wildman–Crippen MR) is 130 cm³/mol. The van der Waals surface area contributed by atoms with Gasteiger partial charge in [-0.25, -0.2) is 23.1 Å². The molecule has 1 aliphatic heterocycles. The molecule has 1 aromatic carbocycles. The number of nitrogens with zero attached hydrogens (tertiary/aromatic N) is 5. The Labute approximate surface area is 203 Å². The Hall–Kier alpha value is -3.95. The summed E-state index contributed by atoms with van der Waals surface area (Å²) in [6.45, 7) is 4.53. The summed E-state index contributed by atoms with van der Waals surface area (Å²) in [6.07, 6.45) is 4.26. The number of hydrogen-bond donors (Lipinski definition) is 2. The van der Waals surface area contributed by atoms with E-state index in [1.54, 1.807) is 21.7 Å². The number of anilines is 1. The monoisotopic (exact) mass is 495 g/mol. The van der Waals surface area contributed by atoms with Gasteiger partial charge in [-0.15, -0.1) is 0 Å². The third kappa shape index (κ3) is 5.11. The number of likely N-dealkylation sites (tertiary alicyclic amines) is 1. The molecule has 182 valence electrons. The third-order valence-corrected chi connectivity index (χ3v) is 7.09. The molecule has 4 rings (SSSR count). The van der Waals surface area contributed by atoms with Gasteiger partial charge in [-0.3, -0.25) is 4.79 Å². The second kappa shape index (κ2) is 10.1. The van der Waals surface area contributed by atoms with Crippen molar-refractivity contribution in [1.29, 1.82) is 0 Å². The average molecular weight is 496 g/mol. The van der Waals surface area contributed by atoms with Crippen LogP contribution >= 0.6 is 0 Å². The number of nitrogen functional groups attached to an aromatic ring is 1. The quantitative estimate of drug-likeness (QED) is 0.382. The van der Waals surface area contributed by atoms with Crippen LogP contribution in [0.2, 0.25) is 0 Å². The van der Waals surface area contributed by atoms with Crippen molar-refractivity contribution in [2.75, 3.05) is 32.5 Å². The number of aromatic nitrogens is 4. The number of piperidine rings is 1. The standard InChI is InChI=1S/C23H25N7O4S/c1-3-20(31)29-13-5-6-16(14-29)30-23-21(22(24)25-15-26-23)19(28-30)7-4-12-27-35(32,33)18-10-8-17(34-2)9-11-18/h3,8-11,15-16,27H,1,5-6,12-14H2,2H3,(H2,24,25,26). The first-order chi connectivity index (χ1) is 16.8. The fourth-order valence-electron chi connectivity index (χ4n) is 3.92. The second-order valence-electron chi connectivity index (χ2n) is 7.84. The van der Waals surface area contributed by atoms with Crippen LogP contribution in [-0.4, -0.2) is 65.7 Å². The van der Waals surface area contributed by atoms with E-state index in [1.165, 1.54) is 31.6 Å². The van der Waals surface area contributed by atoms with Crippen molar-refractivity contribution in [2.24, 2.45) is 0 Å². The van der Waals surface area contributed by atoms with E-state index >= 15 is 0 Å². The summed E-state index contributed by atoms with van der Waals surface area (Å²) < 4.78 is 34.2. The molecule has 1 fully saturated rings. The molecule has 1 atom stereocenters. The van der Waals surface area contributed by atoms with Gasteiger partial charge in [0.2, 0.25) is 15.9 Å². The van der Waals surface area contributed by atoms with E-state index in [1.807, 2.05) is 0 Å². The molecule has 0 bridgehead atoms. The van der Waals surface area contributed by atoms with Gasteiger partial charge < -0.3 is 15.4 Å². The molecular weight excluding hydrogens is 470 g/mol. The van der Waals surface area contributed by atoms with Crippen LogP contribution in [0.5, 0.6) is 5.75 Å². The van der Waals surface area contributed by atoms with Gasteiger partial charge in [0.05, 0.1) is 30.0 Å². The first-order valence-electron chi connectivity index (χ1n) is 10.9. The van der Waals surface area contributed by atoms with Crippen LogP contribution in [0.3, 0.4) is 0 Å². The number of carbonyl (C=O) groups is 1. The lowest BCUT2D eigenvalue weighted by Crippen LogP contribution is -2.40. The maximum Gasteiger partial charge on any atom is 0.246 e. The van der Waals surface area contributed by atoms with Gasteiger partial charge in [0.15, 0.2) is 5.65 Å². The minimum Gasteiger partial charge on any atom is -0.497 e. The number of nitrogens with one attached hydrogen (secondary N) is 1. The largest absolute Gasteiger partial charge is 0.497 e. The smallest absolute Gasteiger partial charge is 0.246 e. The van der Waals surface area contributed by atoms with Crippen LogP contribution in [0.1, 0.15) is 24.6 Å². The maximum absolute atomic E-state index is 12.5. The summed E-state index contributed by atoms with van der Waals surface area (Å²) in [6, 6.07) is 5.92. The number of amides is 1. The molecule has 3 aromatic rings. The Morgan fingerprint density at radius 1 is 1.34 bits per heavy atom. The summed E-state index contributed by atoms with van der Waals surface area (Å²) in [7, 11) is -2.24. The summed E-state index contributed by atoms with van der Waals surface area (Å²) in [4.78, 5) is 22.3. The molecule has 0 spiro atoms. The van der Waals surface area contributed by atoms with E-state index in [9.17, 15) is 13.2 Å². The zero-order chi connectivity index (χ0) is 25.0. The fraction of sp³-hybridized carbons (Fsp3) is 0.304. The normalized spacial score (nSPS) is 15.9. The number of carbonyl (C=O) groups excluding carboxylic acids is 1. The van der Waals surface area contributed by atoms with Gasteiger partial charge in [0.25, 0.3) is 0 Å². The topological polar surface area (TPSA) is 145 Å². The zero-order valence-electron chi connectivity index (χ0n) is 19.1. The maximum atomic E-state index is 12.5. The molecule has 3 heterocycles. The van der Waals surface area contributed by atoms with Crippen LogP contribution in [0.25, 0.3) is 11.0 Å². The van der Waals surface area contributed by atoms with Crippen LogP contribution < -0.4 is 15.2 Å². The van der Waals surface area contributed by atoms with Gasteiger partial charge in [-0.1, -0.05) is 12.5 Å². The van der Waals surface area contributed by atoms with Crippen molar-refractivity contribution in [3.05, 3.63) is 48.9 Å². The van der Waals surface area contributed by atoms with E-state index in [4.69, 9.17) is 10.5 Å². The SMILES string of the molecule is C=CC(=O)N1CCCC(n2nc(C#CCNS(=O)(=O)c3ccc(OC)cc3)c3c(N)ncnc32)C1. The second-order valence-corrected chi connectivity index (χ2v) is 9.60. The van der Waals surface area contributed by atoms with Crippen molar-refractivity contribution < 1.29 is 17.9 Å². The first kappa shape index (κ1) is 24.2. The Balaban J connectivity index is 1.57. The third-order valence-electron chi connectivity index (χ3n) is 5.67. The molecule has 11 nitrogen and oxygen atoms in total. The van der Waals surface area contributed by atoms with Crippen LogP contribution in [0.15, 0.2) is 48.1 Å². The van der Waals surface area contributed by atoms with Gasteiger partial charge in [-0.2, -0.15) is 9.82 Å². The fourth-order valence-corrected chi connectivity index (χ4v) is 4.84. The minimum atomic E-state index is -3.75. The lowest BCUT2D eigenvalue weighted by molar-refractivity contribution is -0.127. The molecule has 1 aliphatic rings. The van der Waals surface area contributed by atoms with Crippen LogP contribution in [0, 0.1) is 11.8 Å². The molecule has 0 radical (unpaired) electrons. The highest BCUT2D eigenvalue weighted by Gasteiger charge is 2.27. The molecule has 3 N–H and O–H groups in total. The highest BCUT2D eigenvalue weighted by atomic mass is 32.2. The molecular formula is C23H25N7O4S. The summed E-state index contributed by atoms with van der Waals surface area (Å²) in [5.74, 6) is 6.33. The Morgan fingerprint density at radius 2 is 2.11 bits per heavy atom. The molecule has 35 heavy (non-hydrogen) atoms. The van der Waals surface area contributed by atoms with E-state index in [0.717, 1.165) is 12.8 Å². The Bertz CT molecular complexity index is 1420. The Kier molecular flexibility index (Phi) is 6.99. The van der Waals surface area contributed by atoms with Gasteiger partial charge >= 0.3 is 0 Å². The van der Waals surface area contributed by atoms with Crippen molar-refractivity contribution in [3.63, 3.8) is 0 Å². The lowest BCUT2D eigenvalue weighted by atomic mass is 10.1. The van der Waals surface area contributed by atoms with Gasteiger partial charge in [0.1, 0.15) is 23.6 Å². The highest BCUT2D eigenvalue weighted by molar-refractivity contribution is 7.89. The number of nitrogens with two attached hydrogens (primary N) is 1. The molecule has 1 saturated heterocycles. The van der Waals surface area contributed by atoms with Gasteiger partial charge in [-0.05, 0) is 49.1 Å². The van der Waals surface area contributed by atoms with E-state index in [0.29, 0.717) is 35.6 Å². The zero-order valence-corrected chi connectivity index (χ0v) is 20.0. The lowest BCUT2D eigenvalue weighted by Gasteiger charge is -2.32. The van der Waals surface area contributed by atoms with E-state index < -0.39 is 10.0 Å². The molecule has 0 saturated carbocycles. The summed E-state index contributed by atoms with van der Waals surface area (Å²) in [5.41, 5.74) is 6.95. The number of hydrogen-bond acceptors (Lipinski definition) is 8. The molecule has 1 unspecified atom stereocenters. The first-order valence-corrected chi connectivity index (χ1v) is 12.3. The minimum absolute atomic E-state index is 0.100. The van der Waals surface area contributed by atoms with E-state index in [-0.39, 0.29) is 29.2 Å². The van der Waals surface area contributed by atoms with Crippen molar-refractivity contribution in [2.45, 2.75) is 23.8 Å². The average Bonchev–Trinajstić information content (AvgIpc) is 3.26. The van der Waals surface area contributed by atoms with Crippen LogP contribution in [-0.2, 0) is 14.8 Å². The number of rotatable bonds is 6. The number of sulfonamides is 1. The molecule has 2 aromatic heterocycles. The number of benzene rings is 1. The number of methoxy groups -OCH3 is 1. The molecule has 1 amide bonds. The molecule has 0 aliphatic carbocycles. The van der Waals surface area contributed by atoms with Crippen molar-refractivity contribution in [1.82, 2.24) is 29.4 Å². The van der Waals surface area contributed by atoms with Crippen molar-refractivity contribution >= 4 is 32.8 Å². The van der Waals surface area contributed by atoms with Crippen molar-refractivity contribution in [3.8, 4) is 17.6 Å². The summed E-state index contributed by atoms with van der Waals surface area (Å²) in [5, 5.41) is 5.10. The summed E-state index contributed by atoms with van der Waals surface area (Å²) >= 11 is 0. The van der Waals surface area contributed by atoms with Gasteiger partial charge in [0, 0.05) is 13.1 Å². The van der Waals surface area contributed by atoms with E-state index in [2.05, 4.69) is 38.2 Å². The van der Waals surface area contributed by atoms with Crippen LogP contribution in [0.4, 0.5) is 5.82 Å². The highest BCUT2D eigenvalue weighted by Crippen LogP contribution is 2.28. The molecule has 12 heteroatoms.